The van der Waals surface area contributed by atoms with Gasteiger partial charge in [0, 0.05) is 29.6 Å². The van der Waals surface area contributed by atoms with Crippen LogP contribution in [0.3, 0.4) is 0 Å². The summed E-state index contributed by atoms with van der Waals surface area (Å²) in [4.78, 5) is 23.4. The van der Waals surface area contributed by atoms with Crippen LogP contribution in [0, 0.1) is 5.92 Å². The summed E-state index contributed by atoms with van der Waals surface area (Å²) < 4.78 is 0. The van der Waals surface area contributed by atoms with Crippen molar-refractivity contribution in [3.05, 3.63) is 24.3 Å². The van der Waals surface area contributed by atoms with Crippen molar-refractivity contribution in [2.45, 2.75) is 32.1 Å². The molecule has 108 valence electrons. The van der Waals surface area contributed by atoms with E-state index in [9.17, 15) is 9.59 Å². The SMILES string of the molecule is O=C(CCCCCl)Nc1cccc(NC(=O)C2CC2)c1. The molecule has 1 aliphatic rings. The Bertz CT molecular complexity index is 487. The van der Waals surface area contributed by atoms with Crippen LogP contribution in [-0.2, 0) is 9.59 Å². The van der Waals surface area contributed by atoms with Gasteiger partial charge in [-0.25, -0.2) is 0 Å². The summed E-state index contributed by atoms with van der Waals surface area (Å²) >= 11 is 5.57. The average Bonchev–Trinajstić information content (AvgIpc) is 3.23. The second-order valence-electron chi connectivity index (χ2n) is 5.04. The molecule has 4 nitrogen and oxygen atoms in total. The summed E-state index contributed by atoms with van der Waals surface area (Å²) in [7, 11) is 0. The first-order chi connectivity index (χ1) is 9.69. The standard InChI is InChI=1S/C15H19ClN2O2/c16-9-2-1-6-14(19)17-12-4-3-5-13(10-12)18-15(20)11-7-8-11/h3-5,10-11H,1-2,6-9H2,(H,17,19)(H,18,20). The number of halogens is 1. The highest BCUT2D eigenvalue weighted by atomic mass is 35.5. The van der Waals surface area contributed by atoms with E-state index in [1.165, 1.54) is 0 Å². The summed E-state index contributed by atoms with van der Waals surface area (Å²) in [6.07, 6.45) is 4.04. The van der Waals surface area contributed by atoms with Gasteiger partial charge in [-0.3, -0.25) is 9.59 Å². The third kappa shape index (κ3) is 4.85. The average molecular weight is 295 g/mol. The zero-order valence-electron chi connectivity index (χ0n) is 11.3. The Morgan fingerprint density at radius 1 is 1.15 bits per heavy atom. The molecule has 2 amide bonds. The van der Waals surface area contributed by atoms with Gasteiger partial charge in [0.05, 0.1) is 0 Å². The number of carbonyl (C=O) groups is 2. The molecular formula is C15H19ClN2O2. The lowest BCUT2D eigenvalue weighted by molar-refractivity contribution is -0.117. The lowest BCUT2D eigenvalue weighted by Gasteiger charge is -2.08. The fourth-order valence-corrected chi connectivity index (χ4v) is 2.06. The van der Waals surface area contributed by atoms with Gasteiger partial charge in [-0.2, -0.15) is 0 Å². The summed E-state index contributed by atoms with van der Waals surface area (Å²) in [5, 5.41) is 5.69. The van der Waals surface area contributed by atoms with Gasteiger partial charge in [0.25, 0.3) is 0 Å². The first-order valence-corrected chi connectivity index (χ1v) is 7.49. The smallest absolute Gasteiger partial charge is 0.227 e. The van der Waals surface area contributed by atoms with E-state index in [1.54, 1.807) is 6.07 Å². The van der Waals surface area contributed by atoms with Gasteiger partial charge in [0.1, 0.15) is 0 Å². The quantitative estimate of drug-likeness (QED) is 0.598. The normalized spacial score (nSPS) is 13.8. The fraction of sp³-hybridized carbons (Fsp3) is 0.467. The number of hydrogen-bond acceptors (Lipinski definition) is 2. The van der Waals surface area contributed by atoms with Crippen LogP contribution in [0.2, 0.25) is 0 Å². The van der Waals surface area contributed by atoms with Crippen LogP contribution in [-0.4, -0.2) is 17.7 Å². The van der Waals surface area contributed by atoms with Crippen LogP contribution < -0.4 is 10.6 Å². The van der Waals surface area contributed by atoms with E-state index in [4.69, 9.17) is 11.6 Å². The maximum absolute atomic E-state index is 11.7. The number of rotatable bonds is 7. The molecule has 2 rings (SSSR count). The van der Waals surface area contributed by atoms with E-state index in [0.717, 1.165) is 31.4 Å². The van der Waals surface area contributed by atoms with Crippen molar-refractivity contribution < 1.29 is 9.59 Å². The summed E-state index contributed by atoms with van der Waals surface area (Å²) in [6.45, 7) is 0. The highest BCUT2D eigenvalue weighted by Gasteiger charge is 2.29. The maximum Gasteiger partial charge on any atom is 0.227 e. The molecule has 0 radical (unpaired) electrons. The highest BCUT2D eigenvalue weighted by Crippen LogP contribution is 2.30. The Morgan fingerprint density at radius 2 is 1.85 bits per heavy atom. The van der Waals surface area contributed by atoms with Crippen LogP contribution in [0.1, 0.15) is 32.1 Å². The number of carbonyl (C=O) groups excluding carboxylic acids is 2. The maximum atomic E-state index is 11.7. The number of benzene rings is 1. The second-order valence-corrected chi connectivity index (χ2v) is 5.42. The van der Waals surface area contributed by atoms with Gasteiger partial charge in [-0.15, -0.1) is 11.6 Å². The molecule has 0 heterocycles. The zero-order chi connectivity index (χ0) is 14.4. The number of anilines is 2. The molecule has 1 aromatic rings. The lowest BCUT2D eigenvalue weighted by atomic mass is 10.2. The molecule has 0 aromatic heterocycles. The molecule has 0 unspecified atom stereocenters. The molecule has 20 heavy (non-hydrogen) atoms. The highest BCUT2D eigenvalue weighted by molar-refractivity contribution is 6.17. The minimum atomic E-state index is -0.0270. The minimum absolute atomic E-state index is 0.0270. The molecule has 1 saturated carbocycles. The second kappa shape index (κ2) is 7.29. The first kappa shape index (κ1) is 14.9. The van der Waals surface area contributed by atoms with Crippen LogP contribution in [0.4, 0.5) is 11.4 Å². The van der Waals surface area contributed by atoms with Crippen molar-refractivity contribution in [1.82, 2.24) is 0 Å². The Labute approximate surface area is 123 Å². The van der Waals surface area contributed by atoms with Gasteiger partial charge in [-0.1, -0.05) is 6.07 Å². The largest absolute Gasteiger partial charge is 0.326 e. The van der Waals surface area contributed by atoms with Gasteiger partial charge < -0.3 is 10.6 Å². The fourth-order valence-electron chi connectivity index (χ4n) is 1.87. The van der Waals surface area contributed by atoms with E-state index in [1.807, 2.05) is 18.2 Å². The Kier molecular flexibility index (Phi) is 5.41. The number of hydrogen-bond donors (Lipinski definition) is 2. The predicted molar refractivity (Wildman–Crippen MR) is 81.0 cm³/mol. The van der Waals surface area contributed by atoms with Crippen LogP contribution in [0.5, 0.6) is 0 Å². The monoisotopic (exact) mass is 294 g/mol. The van der Waals surface area contributed by atoms with Gasteiger partial charge in [-0.05, 0) is 43.9 Å². The molecule has 1 aliphatic carbocycles. The van der Waals surface area contributed by atoms with Crippen molar-refractivity contribution in [3.63, 3.8) is 0 Å². The van der Waals surface area contributed by atoms with Gasteiger partial charge >= 0.3 is 0 Å². The molecule has 0 saturated heterocycles. The summed E-state index contributed by atoms with van der Waals surface area (Å²) in [6, 6.07) is 7.23. The van der Waals surface area contributed by atoms with Crippen LogP contribution in [0.25, 0.3) is 0 Å². The van der Waals surface area contributed by atoms with Crippen LogP contribution in [0.15, 0.2) is 24.3 Å². The molecule has 1 fully saturated rings. The number of alkyl halides is 1. The summed E-state index contributed by atoms with van der Waals surface area (Å²) in [5.41, 5.74) is 1.43. The van der Waals surface area contributed by atoms with E-state index >= 15 is 0 Å². The number of unbranched alkanes of at least 4 members (excludes halogenated alkanes) is 1. The lowest BCUT2D eigenvalue weighted by Crippen LogP contribution is -2.14. The molecule has 0 atom stereocenters. The Morgan fingerprint density at radius 3 is 2.50 bits per heavy atom. The molecule has 0 spiro atoms. The third-order valence-corrected chi connectivity index (χ3v) is 3.42. The van der Waals surface area contributed by atoms with Crippen molar-refractivity contribution >= 4 is 34.8 Å². The molecule has 2 N–H and O–H groups in total. The topological polar surface area (TPSA) is 58.2 Å². The molecule has 0 bridgehead atoms. The number of amides is 2. The number of nitrogens with one attached hydrogen (secondary N) is 2. The predicted octanol–water partition coefficient (Wildman–Crippen LogP) is 3.38. The molecular weight excluding hydrogens is 276 g/mol. The van der Waals surface area contributed by atoms with Crippen LogP contribution >= 0.6 is 11.6 Å². The van der Waals surface area contributed by atoms with E-state index in [2.05, 4.69) is 10.6 Å². The van der Waals surface area contributed by atoms with E-state index in [0.29, 0.717) is 18.0 Å². The van der Waals surface area contributed by atoms with Gasteiger partial charge in [0.2, 0.25) is 11.8 Å². The van der Waals surface area contributed by atoms with Gasteiger partial charge in [0.15, 0.2) is 0 Å². The minimum Gasteiger partial charge on any atom is -0.326 e. The Hall–Kier alpha value is -1.55. The first-order valence-electron chi connectivity index (χ1n) is 6.96. The van der Waals surface area contributed by atoms with E-state index in [-0.39, 0.29) is 17.7 Å². The van der Waals surface area contributed by atoms with Crippen molar-refractivity contribution in [2.24, 2.45) is 5.92 Å². The zero-order valence-corrected chi connectivity index (χ0v) is 12.1. The third-order valence-electron chi connectivity index (χ3n) is 3.15. The molecule has 1 aromatic carbocycles. The van der Waals surface area contributed by atoms with Crippen molar-refractivity contribution in [1.29, 1.82) is 0 Å². The van der Waals surface area contributed by atoms with Crippen molar-refractivity contribution in [3.8, 4) is 0 Å². The van der Waals surface area contributed by atoms with E-state index < -0.39 is 0 Å². The van der Waals surface area contributed by atoms with Crippen molar-refractivity contribution in [2.75, 3.05) is 16.5 Å². The molecule has 0 aliphatic heterocycles. The summed E-state index contributed by atoms with van der Waals surface area (Å²) in [5.74, 6) is 0.788. The Balaban J connectivity index is 1.85. The molecule has 5 heteroatoms.